The first kappa shape index (κ1) is 11.6. The summed E-state index contributed by atoms with van der Waals surface area (Å²) in [7, 11) is 1.90. The van der Waals surface area contributed by atoms with Crippen molar-refractivity contribution in [1.82, 2.24) is 9.78 Å². The Morgan fingerprint density at radius 3 is 2.62 bits per heavy atom. The molecule has 1 aromatic rings. The molecule has 90 valence electrons. The average Bonchev–Trinajstić information content (AvgIpc) is 2.57. The van der Waals surface area contributed by atoms with E-state index in [4.69, 9.17) is 0 Å². The molecule has 0 bridgehead atoms. The van der Waals surface area contributed by atoms with Gasteiger partial charge >= 0.3 is 0 Å². The Hall–Kier alpha value is -0.830. The van der Waals surface area contributed by atoms with Gasteiger partial charge in [-0.2, -0.15) is 5.10 Å². The van der Waals surface area contributed by atoms with Crippen LogP contribution in [0.3, 0.4) is 0 Å². The predicted octanol–water partition coefficient (Wildman–Crippen LogP) is 2.60. The van der Waals surface area contributed by atoms with E-state index >= 15 is 0 Å². The fourth-order valence-electron chi connectivity index (χ4n) is 2.60. The van der Waals surface area contributed by atoms with Crippen molar-refractivity contribution in [3.63, 3.8) is 0 Å². The summed E-state index contributed by atoms with van der Waals surface area (Å²) in [5, 5.41) is 14.9. The lowest BCUT2D eigenvalue weighted by Gasteiger charge is -2.26. The lowest BCUT2D eigenvalue weighted by Crippen LogP contribution is -2.24. The van der Waals surface area contributed by atoms with Crippen LogP contribution in [-0.4, -0.2) is 14.9 Å². The molecule has 0 spiro atoms. The van der Waals surface area contributed by atoms with Crippen molar-refractivity contribution in [3.8, 4) is 0 Å². The monoisotopic (exact) mass is 222 g/mol. The first-order chi connectivity index (χ1) is 7.41. The zero-order chi connectivity index (χ0) is 11.8. The van der Waals surface area contributed by atoms with Crippen LogP contribution >= 0.6 is 0 Å². The van der Waals surface area contributed by atoms with Gasteiger partial charge in [-0.05, 0) is 37.5 Å². The summed E-state index contributed by atoms with van der Waals surface area (Å²) >= 11 is 0. The average molecular weight is 222 g/mol. The van der Waals surface area contributed by atoms with E-state index in [2.05, 4.69) is 18.9 Å². The quantitative estimate of drug-likeness (QED) is 0.742. The van der Waals surface area contributed by atoms with Crippen LogP contribution in [0.15, 0.2) is 12.4 Å². The lowest BCUT2D eigenvalue weighted by molar-refractivity contribution is 0.0180. The van der Waals surface area contributed by atoms with Gasteiger partial charge in [-0.25, -0.2) is 0 Å². The maximum Gasteiger partial charge on any atom is 0.0927 e. The smallest absolute Gasteiger partial charge is 0.0927 e. The number of rotatable bonds is 1. The molecular weight excluding hydrogens is 200 g/mol. The van der Waals surface area contributed by atoms with E-state index in [9.17, 15) is 5.11 Å². The third-order valence-electron chi connectivity index (χ3n) is 3.90. The molecule has 1 aliphatic rings. The lowest BCUT2D eigenvalue weighted by atomic mass is 9.83. The molecule has 1 unspecified atom stereocenters. The van der Waals surface area contributed by atoms with Crippen LogP contribution in [0.1, 0.15) is 51.5 Å². The minimum atomic E-state index is -0.651. The van der Waals surface area contributed by atoms with Gasteiger partial charge in [0.1, 0.15) is 0 Å². The Morgan fingerprint density at radius 1 is 1.25 bits per heavy atom. The first-order valence-electron chi connectivity index (χ1n) is 6.13. The van der Waals surface area contributed by atoms with E-state index in [1.807, 2.05) is 13.2 Å². The van der Waals surface area contributed by atoms with Gasteiger partial charge in [-0.1, -0.05) is 13.8 Å². The maximum absolute atomic E-state index is 10.7. The van der Waals surface area contributed by atoms with Gasteiger partial charge in [0.25, 0.3) is 0 Å². The maximum atomic E-state index is 10.7. The summed E-state index contributed by atoms with van der Waals surface area (Å²) in [6.45, 7) is 4.59. The molecule has 0 amide bonds. The predicted molar refractivity (Wildman–Crippen MR) is 64.0 cm³/mol. The summed E-state index contributed by atoms with van der Waals surface area (Å²) in [6.07, 6.45) is 8.84. The number of hydrogen-bond acceptors (Lipinski definition) is 2. The van der Waals surface area contributed by atoms with Crippen molar-refractivity contribution < 1.29 is 5.11 Å². The molecule has 3 heteroatoms. The first-order valence-corrected chi connectivity index (χ1v) is 6.13. The van der Waals surface area contributed by atoms with Crippen molar-refractivity contribution in [2.24, 2.45) is 12.5 Å². The highest BCUT2D eigenvalue weighted by Gasteiger charge is 2.35. The van der Waals surface area contributed by atoms with Gasteiger partial charge in [0.15, 0.2) is 0 Å². The normalized spacial score (nSPS) is 30.0. The van der Waals surface area contributed by atoms with E-state index in [1.54, 1.807) is 10.9 Å². The van der Waals surface area contributed by atoms with E-state index in [0.717, 1.165) is 31.2 Å². The molecule has 0 saturated heterocycles. The zero-order valence-corrected chi connectivity index (χ0v) is 10.5. The van der Waals surface area contributed by atoms with Crippen LogP contribution in [0.5, 0.6) is 0 Å². The Labute approximate surface area is 97.5 Å². The van der Waals surface area contributed by atoms with Crippen LogP contribution < -0.4 is 0 Å². The fourth-order valence-corrected chi connectivity index (χ4v) is 2.60. The highest BCUT2D eigenvalue weighted by Crippen LogP contribution is 2.42. The van der Waals surface area contributed by atoms with E-state index in [1.165, 1.54) is 6.42 Å². The van der Waals surface area contributed by atoms with E-state index < -0.39 is 5.60 Å². The van der Waals surface area contributed by atoms with Crippen molar-refractivity contribution in [2.75, 3.05) is 0 Å². The number of aliphatic hydroxyl groups is 1. The molecule has 1 heterocycles. The Morgan fingerprint density at radius 2 is 2.00 bits per heavy atom. The molecule has 1 fully saturated rings. The molecule has 3 nitrogen and oxygen atoms in total. The molecule has 1 saturated carbocycles. The second-order valence-corrected chi connectivity index (χ2v) is 5.95. The van der Waals surface area contributed by atoms with Crippen molar-refractivity contribution in [2.45, 2.75) is 51.6 Å². The summed E-state index contributed by atoms with van der Waals surface area (Å²) in [5.41, 5.74) is 0.696. The van der Waals surface area contributed by atoms with Gasteiger partial charge in [-0.3, -0.25) is 4.68 Å². The highest BCUT2D eigenvalue weighted by molar-refractivity contribution is 5.15. The van der Waals surface area contributed by atoms with Crippen molar-refractivity contribution in [3.05, 3.63) is 18.0 Å². The second kappa shape index (κ2) is 3.88. The van der Waals surface area contributed by atoms with Gasteiger partial charge in [-0.15, -0.1) is 0 Å². The third kappa shape index (κ3) is 2.29. The van der Waals surface area contributed by atoms with Crippen molar-refractivity contribution in [1.29, 1.82) is 0 Å². The van der Waals surface area contributed by atoms with Gasteiger partial charge in [0.05, 0.1) is 11.8 Å². The Bertz CT molecular complexity index is 370. The highest BCUT2D eigenvalue weighted by atomic mass is 16.3. The molecule has 16 heavy (non-hydrogen) atoms. The van der Waals surface area contributed by atoms with Gasteiger partial charge in [0.2, 0.25) is 0 Å². The van der Waals surface area contributed by atoms with E-state index in [0.29, 0.717) is 5.41 Å². The summed E-state index contributed by atoms with van der Waals surface area (Å²) in [4.78, 5) is 0. The van der Waals surface area contributed by atoms with Crippen molar-refractivity contribution >= 4 is 0 Å². The van der Waals surface area contributed by atoms with E-state index in [-0.39, 0.29) is 0 Å². The molecule has 0 radical (unpaired) electrons. The molecule has 1 N–H and O–H groups in total. The molecule has 0 aliphatic heterocycles. The number of hydrogen-bond donors (Lipinski definition) is 1. The summed E-state index contributed by atoms with van der Waals surface area (Å²) in [5.74, 6) is 0. The Kier molecular flexibility index (Phi) is 2.82. The molecule has 1 atom stereocenters. The van der Waals surface area contributed by atoms with Crippen LogP contribution in [0.25, 0.3) is 0 Å². The standard InChI is InChI=1S/C13H22N2O/c1-12(2)5-4-6-13(16,8-7-12)11-9-14-15(3)10-11/h9-10,16H,4-8H2,1-3H3. The summed E-state index contributed by atoms with van der Waals surface area (Å²) < 4.78 is 1.77. The zero-order valence-electron chi connectivity index (χ0n) is 10.5. The fraction of sp³-hybridized carbons (Fsp3) is 0.769. The molecule has 2 rings (SSSR count). The molecular formula is C13H22N2O. The number of nitrogens with zero attached hydrogens (tertiary/aromatic N) is 2. The van der Waals surface area contributed by atoms with Crippen LogP contribution in [0, 0.1) is 5.41 Å². The topological polar surface area (TPSA) is 38.0 Å². The van der Waals surface area contributed by atoms with Gasteiger partial charge < -0.3 is 5.11 Å². The second-order valence-electron chi connectivity index (χ2n) is 5.95. The molecule has 1 aliphatic carbocycles. The SMILES string of the molecule is Cn1cc(C2(O)CCCC(C)(C)CC2)cn1. The van der Waals surface area contributed by atoms with Gasteiger partial charge in [0, 0.05) is 18.8 Å². The van der Waals surface area contributed by atoms with Crippen LogP contribution in [0.2, 0.25) is 0 Å². The Balaban J connectivity index is 2.19. The minimum absolute atomic E-state index is 0.368. The number of aromatic nitrogens is 2. The minimum Gasteiger partial charge on any atom is -0.385 e. The summed E-state index contributed by atoms with van der Waals surface area (Å²) in [6, 6.07) is 0. The largest absolute Gasteiger partial charge is 0.385 e. The third-order valence-corrected chi connectivity index (χ3v) is 3.90. The molecule has 0 aromatic carbocycles. The molecule has 1 aromatic heterocycles. The van der Waals surface area contributed by atoms with Crippen LogP contribution in [-0.2, 0) is 12.6 Å². The number of aryl methyl sites for hydroxylation is 1. The van der Waals surface area contributed by atoms with Crippen LogP contribution in [0.4, 0.5) is 0 Å².